The van der Waals surface area contributed by atoms with Gasteiger partial charge in [0.05, 0.1) is 11.0 Å². The van der Waals surface area contributed by atoms with Gasteiger partial charge in [0.1, 0.15) is 0 Å². The Morgan fingerprint density at radius 3 is 2.11 bits per heavy atom. The van der Waals surface area contributed by atoms with Crippen molar-refractivity contribution in [3.05, 3.63) is 59.2 Å². The molecule has 27 heavy (non-hydrogen) atoms. The quantitative estimate of drug-likeness (QED) is 0.686. The Morgan fingerprint density at radius 1 is 0.963 bits per heavy atom. The largest absolute Gasteiger partial charge is 0.325 e. The van der Waals surface area contributed by atoms with E-state index >= 15 is 0 Å². The number of nitrogens with one attached hydrogen (secondary N) is 2. The van der Waals surface area contributed by atoms with E-state index in [0.29, 0.717) is 0 Å². The van der Waals surface area contributed by atoms with Crippen LogP contribution in [0.1, 0.15) is 37.5 Å². The number of rotatable bonds is 8. The van der Waals surface area contributed by atoms with Crippen LogP contribution in [-0.2, 0) is 22.4 Å². The van der Waals surface area contributed by atoms with Crippen molar-refractivity contribution in [2.45, 2.75) is 45.8 Å². The third-order valence-corrected chi connectivity index (χ3v) is 5.56. The number of carbonyl (C=O) groups is 2. The molecule has 2 amide bonds. The zero-order valence-electron chi connectivity index (χ0n) is 16.5. The lowest BCUT2D eigenvalue weighted by Gasteiger charge is -2.17. The van der Waals surface area contributed by atoms with Crippen molar-refractivity contribution >= 4 is 35.0 Å². The lowest BCUT2D eigenvalue weighted by molar-refractivity contribution is -0.115. The molecule has 0 fully saturated rings. The summed E-state index contributed by atoms with van der Waals surface area (Å²) in [5, 5.41) is 5.61. The summed E-state index contributed by atoms with van der Waals surface area (Å²) in [4.78, 5) is 24.7. The highest BCUT2D eigenvalue weighted by Crippen LogP contribution is 2.24. The van der Waals surface area contributed by atoms with E-state index in [1.54, 1.807) is 0 Å². The molecule has 0 aliphatic rings. The summed E-state index contributed by atoms with van der Waals surface area (Å²) in [6.45, 7) is 8.00. The standard InChI is InChI=1S/C22H28N2O2S/c1-5-17-8-7-9-18(6-2)21(17)24-22(26)16(4)27-14-20(25)23-19-12-10-15(3)11-13-19/h7-13,16H,5-6,14H2,1-4H3,(H,23,25)(H,24,26). The average Bonchev–Trinajstić information content (AvgIpc) is 2.67. The van der Waals surface area contributed by atoms with Crippen LogP contribution >= 0.6 is 11.8 Å². The Kier molecular flexibility index (Phi) is 7.92. The monoisotopic (exact) mass is 384 g/mol. The molecule has 5 heteroatoms. The van der Waals surface area contributed by atoms with Gasteiger partial charge < -0.3 is 10.6 Å². The summed E-state index contributed by atoms with van der Waals surface area (Å²) in [7, 11) is 0. The number of para-hydroxylation sites is 1. The molecule has 2 rings (SSSR count). The second-order valence-electron chi connectivity index (χ2n) is 6.52. The Hall–Kier alpha value is -2.27. The van der Waals surface area contributed by atoms with Crippen LogP contribution in [0.5, 0.6) is 0 Å². The lowest BCUT2D eigenvalue weighted by Crippen LogP contribution is -2.26. The minimum Gasteiger partial charge on any atom is -0.325 e. The predicted octanol–water partition coefficient (Wildman–Crippen LogP) is 4.82. The third-order valence-electron chi connectivity index (χ3n) is 4.42. The van der Waals surface area contributed by atoms with E-state index in [4.69, 9.17) is 0 Å². The van der Waals surface area contributed by atoms with Crippen molar-refractivity contribution in [1.29, 1.82) is 0 Å². The molecule has 0 saturated heterocycles. The normalized spacial score (nSPS) is 11.7. The van der Waals surface area contributed by atoms with Gasteiger partial charge in [0.25, 0.3) is 0 Å². The van der Waals surface area contributed by atoms with Gasteiger partial charge in [-0.3, -0.25) is 9.59 Å². The molecule has 1 unspecified atom stereocenters. The Morgan fingerprint density at radius 2 is 1.56 bits per heavy atom. The van der Waals surface area contributed by atoms with E-state index in [2.05, 4.69) is 24.5 Å². The minimum atomic E-state index is -0.316. The summed E-state index contributed by atoms with van der Waals surface area (Å²) >= 11 is 1.34. The van der Waals surface area contributed by atoms with Crippen LogP contribution < -0.4 is 10.6 Å². The molecule has 2 aromatic carbocycles. The van der Waals surface area contributed by atoms with E-state index in [-0.39, 0.29) is 22.8 Å². The maximum absolute atomic E-state index is 12.6. The maximum Gasteiger partial charge on any atom is 0.237 e. The number of benzene rings is 2. The molecule has 0 radical (unpaired) electrons. The van der Waals surface area contributed by atoms with Crippen molar-refractivity contribution in [3.8, 4) is 0 Å². The van der Waals surface area contributed by atoms with Gasteiger partial charge in [-0.15, -0.1) is 11.8 Å². The van der Waals surface area contributed by atoms with E-state index in [1.165, 1.54) is 11.8 Å². The molecule has 0 bridgehead atoms. The summed E-state index contributed by atoms with van der Waals surface area (Å²) in [6.07, 6.45) is 1.73. The van der Waals surface area contributed by atoms with Crippen molar-refractivity contribution in [3.63, 3.8) is 0 Å². The van der Waals surface area contributed by atoms with Crippen molar-refractivity contribution in [2.24, 2.45) is 0 Å². The van der Waals surface area contributed by atoms with Crippen LogP contribution in [0.25, 0.3) is 0 Å². The van der Waals surface area contributed by atoms with Gasteiger partial charge in [0, 0.05) is 11.4 Å². The molecule has 1 atom stereocenters. The van der Waals surface area contributed by atoms with Crippen LogP contribution in [0.3, 0.4) is 0 Å². The van der Waals surface area contributed by atoms with E-state index in [9.17, 15) is 9.59 Å². The van der Waals surface area contributed by atoms with Crippen LogP contribution in [0.4, 0.5) is 11.4 Å². The Bertz CT molecular complexity index is 765. The first-order valence-corrected chi connectivity index (χ1v) is 10.4. The lowest BCUT2D eigenvalue weighted by atomic mass is 10.0. The number of hydrogen-bond acceptors (Lipinski definition) is 3. The first kappa shape index (κ1) is 21.0. The number of thioether (sulfide) groups is 1. The molecule has 2 aromatic rings. The molecule has 2 N–H and O–H groups in total. The van der Waals surface area contributed by atoms with Crippen molar-refractivity contribution < 1.29 is 9.59 Å². The van der Waals surface area contributed by atoms with E-state index in [1.807, 2.05) is 56.3 Å². The smallest absolute Gasteiger partial charge is 0.237 e. The van der Waals surface area contributed by atoms with Crippen molar-refractivity contribution in [1.82, 2.24) is 0 Å². The summed E-state index contributed by atoms with van der Waals surface area (Å²) in [6, 6.07) is 13.8. The fraction of sp³-hybridized carbons (Fsp3) is 0.364. The zero-order chi connectivity index (χ0) is 19.8. The average molecular weight is 385 g/mol. The van der Waals surface area contributed by atoms with Crippen LogP contribution in [-0.4, -0.2) is 22.8 Å². The molecule has 0 aliphatic carbocycles. The van der Waals surface area contributed by atoms with Gasteiger partial charge in [-0.25, -0.2) is 0 Å². The van der Waals surface area contributed by atoms with Gasteiger partial charge in [-0.1, -0.05) is 49.7 Å². The molecule has 0 aliphatic heterocycles. The molecule has 0 spiro atoms. The number of amides is 2. The Labute approximate surface area is 166 Å². The number of anilines is 2. The molecule has 0 aromatic heterocycles. The van der Waals surface area contributed by atoms with Crippen molar-refractivity contribution in [2.75, 3.05) is 16.4 Å². The first-order valence-electron chi connectivity index (χ1n) is 9.34. The van der Waals surface area contributed by atoms with E-state index < -0.39 is 0 Å². The van der Waals surface area contributed by atoms with Crippen LogP contribution in [0.15, 0.2) is 42.5 Å². The second kappa shape index (κ2) is 10.2. The van der Waals surface area contributed by atoms with Gasteiger partial charge in [-0.2, -0.15) is 0 Å². The highest BCUT2D eigenvalue weighted by molar-refractivity contribution is 8.01. The van der Waals surface area contributed by atoms with Crippen LogP contribution in [0, 0.1) is 6.92 Å². The highest BCUT2D eigenvalue weighted by Gasteiger charge is 2.18. The number of aryl methyl sites for hydroxylation is 3. The fourth-order valence-corrected chi connectivity index (χ4v) is 3.42. The summed E-state index contributed by atoms with van der Waals surface area (Å²) in [5.74, 6) is 0.0591. The fourth-order valence-electron chi connectivity index (χ4n) is 2.74. The maximum atomic E-state index is 12.6. The molecule has 144 valence electrons. The highest BCUT2D eigenvalue weighted by atomic mass is 32.2. The molecule has 4 nitrogen and oxygen atoms in total. The zero-order valence-corrected chi connectivity index (χ0v) is 17.3. The van der Waals surface area contributed by atoms with Gasteiger partial charge in [-0.05, 0) is 49.9 Å². The first-order chi connectivity index (χ1) is 12.9. The summed E-state index contributed by atoms with van der Waals surface area (Å²) in [5.41, 5.74) is 5.11. The number of carbonyl (C=O) groups excluding carboxylic acids is 2. The SMILES string of the molecule is CCc1cccc(CC)c1NC(=O)C(C)SCC(=O)Nc1ccc(C)cc1. The minimum absolute atomic E-state index is 0.0706. The third kappa shape index (κ3) is 6.14. The Balaban J connectivity index is 1.90. The molecule has 0 heterocycles. The van der Waals surface area contributed by atoms with E-state index in [0.717, 1.165) is 40.9 Å². The van der Waals surface area contributed by atoms with Gasteiger partial charge in [0.2, 0.25) is 11.8 Å². The molecule has 0 saturated carbocycles. The topological polar surface area (TPSA) is 58.2 Å². The second-order valence-corrected chi connectivity index (χ2v) is 7.84. The molecular weight excluding hydrogens is 356 g/mol. The predicted molar refractivity (Wildman–Crippen MR) is 116 cm³/mol. The van der Waals surface area contributed by atoms with Gasteiger partial charge >= 0.3 is 0 Å². The van der Waals surface area contributed by atoms with Gasteiger partial charge in [0.15, 0.2) is 0 Å². The molecular formula is C22H28N2O2S. The summed E-state index contributed by atoms with van der Waals surface area (Å²) < 4.78 is 0. The van der Waals surface area contributed by atoms with Crippen LogP contribution in [0.2, 0.25) is 0 Å². The number of hydrogen-bond donors (Lipinski definition) is 2.